The Bertz CT molecular complexity index is 651. The van der Waals surface area contributed by atoms with Gasteiger partial charge in [-0.3, -0.25) is 5.32 Å². The highest BCUT2D eigenvalue weighted by Crippen LogP contribution is 2.51. The van der Waals surface area contributed by atoms with Gasteiger partial charge in [-0.15, -0.1) is 0 Å². The van der Waals surface area contributed by atoms with Crippen LogP contribution in [0.3, 0.4) is 0 Å². The molecule has 2 atom stereocenters. The van der Waals surface area contributed by atoms with Gasteiger partial charge in [-0.05, 0) is 23.6 Å². The average Bonchev–Trinajstić information content (AvgIpc) is 2.56. The van der Waals surface area contributed by atoms with E-state index >= 15 is 4.39 Å². The normalized spacial score (nSPS) is 31.9. The van der Waals surface area contributed by atoms with Crippen molar-refractivity contribution in [3.8, 4) is 0 Å². The predicted molar refractivity (Wildman–Crippen MR) is 69.0 cm³/mol. The summed E-state index contributed by atoms with van der Waals surface area (Å²) in [6.45, 7) is 2.07. The fourth-order valence-corrected chi connectivity index (χ4v) is 3.57. The maximum atomic E-state index is 15.1. The van der Waals surface area contributed by atoms with E-state index in [1.165, 1.54) is 5.56 Å². The Morgan fingerprint density at radius 1 is 0.944 bits per heavy atom. The lowest BCUT2D eigenvalue weighted by Gasteiger charge is -2.37. The summed E-state index contributed by atoms with van der Waals surface area (Å²) >= 11 is 0. The van der Waals surface area contributed by atoms with E-state index in [0.29, 0.717) is 6.42 Å². The van der Waals surface area contributed by atoms with Crippen molar-refractivity contribution >= 4 is 0 Å². The van der Waals surface area contributed by atoms with Gasteiger partial charge < -0.3 is 0 Å². The first-order valence-corrected chi connectivity index (χ1v) is 6.30. The minimum atomic E-state index is -1.42. The SMILES string of the molecule is C[C@@]12N[C@@](F)(Cc3ccccc31)c1ccccc12. The Balaban J connectivity index is 2.09. The molecule has 2 bridgehead atoms. The van der Waals surface area contributed by atoms with Crippen molar-refractivity contribution < 1.29 is 4.39 Å². The Kier molecular flexibility index (Phi) is 1.72. The molecule has 0 amide bonds. The second-order valence-corrected chi connectivity index (χ2v) is 5.43. The number of benzene rings is 2. The molecule has 0 saturated heterocycles. The molecule has 0 spiro atoms. The van der Waals surface area contributed by atoms with Gasteiger partial charge in [0.15, 0.2) is 5.79 Å². The summed E-state index contributed by atoms with van der Waals surface area (Å²) in [7, 11) is 0. The summed E-state index contributed by atoms with van der Waals surface area (Å²) in [5, 5.41) is 3.20. The van der Waals surface area contributed by atoms with Gasteiger partial charge >= 0.3 is 0 Å². The van der Waals surface area contributed by atoms with E-state index in [9.17, 15) is 0 Å². The molecule has 0 aliphatic carbocycles. The maximum absolute atomic E-state index is 15.1. The molecule has 2 aliphatic heterocycles. The fraction of sp³-hybridized carbons (Fsp3) is 0.250. The lowest BCUT2D eigenvalue weighted by molar-refractivity contribution is 0.0908. The van der Waals surface area contributed by atoms with Crippen molar-refractivity contribution in [1.82, 2.24) is 5.32 Å². The van der Waals surface area contributed by atoms with Crippen LogP contribution in [0.4, 0.5) is 4.39 Å². The van der Waals surface area contributed by atoms with Crippen LogP contribution in [0, 0.1) is 0 Å². The van der Waals surface area contributed by atoms with Gasteiger partial charge in [0.2, 0.25) is 0 Å². The van der Waals surface area contributed by atoms with E-state index in [1.54, 1.807) is 0 Å². The van der Waals surface area contributed by atoms with Gasteiger partial charge in [0, 0.05) is 12.0 Å². The van der Waals surface area contributed by atoms with Gasteiger partial charge in [0.05, 0.1) is 5.54 Å². The smallest absolute Gasteiger partial charge is 0.192 e. The van der Waals surface area contributed by atoms with Crippen LogP contribution in [0.2, 0.25) is 0 Å². The number of hydrogen-bond donors (Lipinski definition) is 1. The van der Waals surface area contributed by atoms with Crippen molar-refractivity contribution in [2.24, 2.45) is 0 Å². The van der Waals surface area contributed by atoms with Gasteiger partial charge in [0.1, 0.15) is 0 Å². The highest BCUT2D eigenvalue weighted by atomic mass is 19.1. The van der Waals surface area contributed by atoms with Crippen LogP contribution < -0.4 is 5.32 Å². The molecule has 2 aromatic rings. The number of fused-ring (bicyclic) bond motifs is 7. The molecule has 0 unspecified atom stereocenters. The molecule has 0 aromatic heterocycles. The molecule has 1 N–H and O–H groups in total. The summed E-state index contributed by atoms with van der Waals surface area (Å²) in [4.78, 5) is 0. The van der Waals surface area contributed by atoms with E-state index in [1.807, 2.05) is 42.5 Å². The molecule has 0 radical (unpaired) electrons. The molecule has 1 nitrogen and oxygen atoms in total. The third-order valence-electron chi connectivity index (χ3n) is 4.33. The van der Waals surface area contributed by atoms with Gasteiger partial charge in [-0.25, -0.2) is 4.39 Å². The molecular formula is C16H14FN. The number of hydrogen-bond acceptors (Lipinski definition) is 1. The summed E-state index contributed by atoms with van der Waals surface area (Å²) in [6.07, 6.45) is 0.412. The quantitative estimate of drug-likeness (QED) is 0.696. The van der Waals surface area contributed by atoms with Gasteiger partial charge in [-0.1, -0.05) is 48.5 Å². The maximum Gasteiger partial charge on any atom is 0.192 e. The lowest BCUT2D eigenvalue weighted by atomic mass is 9.82. The largest absolute Gasteiger partial charge is 0.268 e. The highest BCUT2D eigenvalue weighted by Gasteiger charge is 2.54. The fourth-order valence-electron chi connectivity index (χ4n) is 3.57. The Morgan fingerprint density at radius 3 is 2.33 bits per heavy atom. The average molecular weight is 239 g/mol. The first-order valence-electron chi connectivity index (χ1n) is 6.30. The molecule has 18 heavy (non-hydrogen) atoms. The summed E-state index contributed by atoms with van der Waals surface area (Å²) in [6, 6.07) is 16.0. The second-order valence-electron chi connectivity index (χ2n) is 5.43. The zero-order valence-corrected chi connectivity index (χ0v) is 10.2. The van der Waals surface area contributed by atoms with Crippen molar-refractivity contribution in [1.29, 1.82) is 0 Å². The third kappa shape index (κ3) is 1.05. The van der Waals surface area contributed by atoms with E-state index in [4.69, 9.17) is 0 Å². The van der Waals surface area contributed by atoms with Crippen LogP contribution in [0.25, 0.3) is 0 Å². The van der Waals surface area contributed by atoms with Crippen molar-refractivity contribution in [2.75, 3.05) is 0 Å². The molecule has 90 valence electrons. The van der Waals surface area contributed by atoms with E-state index in [-0.39, 0.29) is 0 Å². The second kappa shape index (κ2) is 3.01. The Hall–Kier alpha value is -1.67. The summed E-state index contributed by atoms with van der Waals surface area (Å²) < 4.78 is 15.1. The van der Waals surface area contributed by atoms with Crippen molar-refractivity contribution in [2.45, 2.75) is 24.7 Å². The number of alkyl halides is 1. The molecule has 0 fully saturated rings. The van der Waals surface area contributed by atoms with Gasteiger partial charge in [0.25, 0.3) is 0 Å². The number of rotatable bonds is 0. The van der Waals surface area contributed by atoms with E-state index < -0.39 is 11.3 Å². The van der Waals surface area contributed by atoms with Crippen molar-refractivity contribution in [3.05, 3.63) is 70.8 Å². The minimum Gasteiger partial charge on any atom is -0.268 e. The highest BCUT2D eigenvalue weighted by molar-refractivity contribution is 5.55. The molecule has 2 heteroatoms. The van der Waals surface area contributed by atoms with Crippen LogP contribution in [-0.4, -0.2) is 0 Å². The van der Waals surface area contributed by atoms with Crippen LogP contribution in [0.15, 0.2) is 48.5 Å². The zero-order valence-electron chi connectivity index (χ0n) is 10.2. The van der Waals surface area contributed by atoms with Crippen LogP contribution in [0.1, 0.15) is 29.2 Å². The van der Waals surface area contributed by atoms with Gasteiger partial charge in [-0.2, -0.15) is 0 Å². The monoisotopic (exact) mass is 239 g/mol. The first kappa shape index (κ1) is 10.3. The summed E-state index contributed by atoms with van der Waals surface area (Å²) in [5.41, 5.74) is 3.77. The lowest BCUT2D eigenvalue weighted by Crippen LogP contribution is -2.49. The van der Waals surface area contributed by atoms with E-state index in [2.05, 4.69) is 18.3 Å². The molecule has 2 aromatic carbocycles. The molecular weight excluding hydrogens is 225 g/mol. The standard InChI is InChI=1S/C16H14FN/c1-15-12-7-3-2-6-11(12)10-16(17,18-15)14-9-5-4-8-13(14)15/h2-9,18H,10H2,1H3/t15-,16+/m1/s1. The van der Waals surface area contributed by atoms with Crippen molar-refractivity contribution in [3.63, 3.8) is 0 Å². The minimum absolute atomic E-state index is 0.403. The Labute approximate surface area is 106 Å². The van der Waals surface area contributed by atoms with E-state index in [0.717, 1.165) is 16.7 Å². The molecule has 0 saturated carbocycles. The first-order chi connectivity index (χ1) is 8.63. The van der Waals surface area contributed by atoms with Crippen LogP contribution in [0.5, 0.6) is 0 Å². The zero-order chi connectivity index (χ0) is 12.4. The predicted octanol–water partition coefficient (Wildman–Crippen LogP) is 3.23. The molecule has 2 aliphatic rings. The summed E-state index contributed by atoms with van der Waals surface area (Å²) in [5.74, 6) is -1.42. The third-order valence-corrected chi connectivity index (χ3v) is 4.33. The van der Waals surface area contributed by atoms with Crippen LogP contribution in [-0.2, 0) is 17.8 Å². The Morgan fingerprint density at radius 2 is 1.56 bits per heavy atom. The number of nitrogens with one attached hydrogen (secondary N) is 1. The van der Waals surface area contributed by atoms with Crippen LogP contribution >= 0.6 is 0 Å². The molecule has 4 rings (SSSR count). The number of halogens is 1. The molecule has 2 heterocycles. The topological polar surface area (TPSA) is 12.0 Å².